The Labute approximate surface area is 180 Å². The number of aryl methyl sites for hydroxylation is 3. The van der Waals surface area contributed by atoms with E-state index in [4.69, 9.17) is 4.74 Å². The summed E-state index contributed by atoms with van der Waals surface area (Å²) in [5.41, 5.74) is 6.28. The fraction of sp³-hybridized carbons (Fsp3) is 0.348. The van der Waals surface area contributed by atoms with Crippen molar-refractivity contribution in [1.82, 2.24) is 9.47 Å². The predicted octanol–water partition coefficient (Wildman–Crippen LogP) is 4.70. The second-order valence-corrected chi connectivity index (χ2v) is 8.42. The van der Waals surface area contributed by atoms with Crippen LogP contribution in [0.3, 0.4) is 0 Å². The second-order valence-electron chi connectivity index (χ2n) is 7.43. The summed E-state index contributed by atoms with van der Waals surface area (Å²) >= 11 is 0.847. The maximum atomic E-state index is 12.8. The SMILES string of the molecule is CCOC(=O)[C@@H](C)N1C(=O)S/C(=C/c2cc(C)n(-c3cc(C)ccc3C)c2C)C1=O. The van der Waals surface area contributed by atoms with Gasteiger partial charge in [0.1, 0.15) is 6.04 Å². The molecule has 0 spiro atoms. The van der Waals surface area contributed by atoms with E-state index < -0.39 is 23.2 Å². The van der Waals surface area contributed by atoms with Gasteiger partial charge >= 0.3 is 5.97 Å². The molecule has 2 amide bonds. The van der Waals surface area contributed by atoms with Crippen molar-refractivity contribution in [1.29, 1.82) is 0 Å². The number of ether oxygens (including phenoxy) is 1. The minimum atomic E-state index is -0.953. The zero-order valence-corrected chi connectivity index (χ0v) is 18.9. The summed E-state index contributed by atoms with van der Waals surface area (Å²) in [6.45, 7) is 11.5. The highest BCUT2D eigenvalue weighted by atomic mass is 32.2. The summed E-state index contributed by atoms with van der Waals surface area (Å²) in [6.07, 6.45) is 1.73. The van der Waals surface area contributed by atoms with E-state index in [2.05, 4.69) is 36.6 Å². The summed E-state index contributed by atoms with van der Waals surface area (Å²) in [5, 5.41) is -0.463. The first kappa shape index (κ1) is 21.9. The lowest BCUT2D eigenvalue weighted by Gasteiger charge is -2.19. The number of amides is 2. The molecule has 6 nitrogen and oxygen atoms in total. The molecular weight excluding hydrogens is 400 g/mol. The maximum Gasteiger partial charge on any atom is 0.329 e. The molecule has 0 radical (unpaired) electrons. The van der Waals surface area contributed by atoms with E-state index in [0.29, 0.717) is 4.91 Å². The molecule has 1 fully saturated rings. The quantitative estimate of drug-likeness (QED) is 0.512. The van der Waals surface area contributed by atoms with Crippen LogP contribution in [0.25, 0.3) is 11.8 Å². The van der Waals surface area contributed by atoms with Crippen molar-refractivity contribution in [2.24, 2.45) is 0 Å². The average Bonchev–Trinajstić information content (AvgIpc) is 3.12. The molecule has 1 aromatic heterocycles. The van der Waals surface area contributed by atoms with Gasteiger partial charge in [0.25, 0.3) is 11.1 Å². The molecule has 0 saturated carbocycles. The largest absolute Gasteiger partial charge is 0.464 e. The molecule has 1 aromatic carbocycles. The van der Waals surface area contributed by atoms with Gasteiger partial charge in [-0.15, -0.1) is 0 Å². The molecule has 0 N–H and O–H groups in total. The van der Waals surface area contributed by atoms with Gasteiger partial charge in [0.2, 0.25) is 0 Å². The highest BCUT2D eigenvalue weighted by Gasteiger charge is 2.41. The number of carbonyl (C=O) groups excluding carboxylic acids is 3. The Kier molecular flexibility index (Phi) is 6.22. The zero-order valence-electron chi connectivity index (χ0n) is 18.1. The number of nitrogens with zero attached hydrogens (tertiary/aromatic N) is 2. The molecule has 1 atom stereocenters. The number of benzene rings is 1. The Morgan fingerprint density at radius 1 is 1.17 bits per heavy atom. The van der Waals surface area contributed by atoms with Crippen LogP contribution in [-0.2, 0) is 14.3 Å². The predicted molar refractivity (Wildman–Crippen MR) is 119 cm³/mol. The first-order chi connectivity index (χ1) is 14.1. The number of esters is 1. The van der Waals surface area contributed by atoms with Gasteiger partial charge in [-0.2, -0.15) is 0 Å². The number of carbonyl (C=O) groups is 3. The minimum Gasteiger partial charge on any atom is -0.464 e. The topological polar surface area (TPSA) is 68.6 Å². The van der Waals surface area contributed by atoms with Crippen LogP contribution in [0.4, 0.5) is 4.79 Å². The number of rotatable bonds is 5. The van der Waals surface area contributed by atoms with Crippen LogP contribution in [0.15, 0.2) is 29.2 Å². The second kappa shape index (κ2) is 8.52. The lowest BCUT2D eigenvalue weighted by atomic mass is 10.1. The molecule has 0 aliphatic carbocycles. The van der Waals surface area contributed by atoms with E-state index in [-0.39, 0.29) is 6.61 Å². The molecule has 1 aliphatic heterocycles. The third kappa shape index (κ3) is 3.94. The van der Waals surface area contributed by atoms with Crippen molar-refractivity contribution in [3.63, 3.8) is 0 Å². The maximum absolute atomic E-state index is 12.8. The summed E-state index contributed by atoms with van der Waals surface area (Å²) in [4.78, 5) is 38.5. The molecular formula is C23H26N2O4S. The number of thioether (sulfide) groups is 1. The van der Waals surface area contributed by atoms with E-state index in [0.717, 1.165) is 44.9 Å². The van der Waals surface area contributed by atoms with Crippen molar-refractivity contribution in [2.75, 3.05) is 6.61 Å². The third-order valence-electron chi connectivity index (χ3n) is 5.20. The van der Waals surface area contributed by atoms with Crippen LogP contribution >= 0.6 is 11.8 Å². The lowest BCUT2D eigenvalue weighted by molar-refractivity contribution is -0.150. The van der Waals surface area contributed by atoms with Crippen molar-refractivity contribution in [3.8, 4) is 5.69 Å². The lowest BCUT2D eigenvalue weighted by Crippen LogP contribution is -2.42. The Hall–Kier alpha value is -2.80. The fourth-order valence-electron chi connectivity index (χ4n) is 3.59. The average molecular weight is 427 g/mol. The van der Waals surface area contributed by atoms with Gasteiger partial charge in [-0.3, -0.25) is 14.5 Å². The van der Waals surface area contributed by atoms with Crippen LogP contribution < -0.4 is 0 Å². The standard InChI is InChI=1S/C23H26N2O4S/c1-7-29-22(27)17(6)25-21(26)20(30-23(25)28)12-18-11-15(4)24(16(18)5)19-10-13(2)8-9-14(19)3/h8-12,17H,7H2,1-6H3/b20-12+/t17-/m1/s1. The summed E-state index contributed by atoms with van der Waals surface area (Å²) in [7, 11) is 0. The van der Waals surface area contributed by atoms with E-state index in [9.17, 15) is 14.4 Å². The molecule has 30 heavy (non-hydrogen) atoms. The van der Waals surface area contributed by atoms with E-state index in [1.54, 1.807) is 13.0 Å². The Morgan fingerprint density at radius 3 is 2.53 bits per heavy atom. The third-order valence-corrected chi connectivity index (χ3v) is 6.08. The number of imide groups is 1. The van der Waals surface area contributed by atoms with Gasteiger partial charge in [-0.1, -0.05) is 12.1 Å². The smallest absolute Gasteiger partial charge is 0.329 e. The highest BCUT2D eigenvalue weighted by molar-refractivity contribution is 8.18. The van der Waals surface area contributed by atoms with Crippen LogP contribution in [-0.4, -0.2) is 39.2 Å². The van der Waals surface area contributed by atoms with Gasteiger partial charge in [-0.05, 0) is 88.2 Å². The van der Waals surface area contributed by atoms with Crippen molar-refractivity contribution < 1.29 is 19.1 Å². The number of hydrogen-bond acceptors (Lipinski definition) is 5. The van der Waals surface area contributed by atoms with Crippen LogP contribution in [0, 0.1) is 27.7 Å². The molecule has 1 aliphatic rings. The summed E-state index contributed by atoms with van der Waals surface area (Å²) < 4.78 is 7.11. The normalized spacial score (nSPS) is 16.5. The van der Waals surface area contributed by atoms with Crippen LogP contribution in [0.5, 0.6) is 0 Å². The number of aromatic nitrogens is 1. The first-order valence-electron chi connectivity index (χ1n) is 9.86. The number of hydrogen-bond donors (Lipinski definition) is 0. The Bertz CT molecular complexity index is 1070. The van der Waals surface area contributed by atoms with Gasteiger partial charge in [0, 0.05) is 17.1 Å². The molecule has 2 aromatic rings. The molecule has 3 rings (SSSR count). The highest BCUT2D eigenvalue weighted by Crippen LogP contribution is 2.35. The Balaban J connectivity index is 1.97. The fourth-order valence-corrected chi connectivity index (χ4v) is 4.49. The summed E-state index contributed by atoms with van der Waals surface area (Å²) in [5.74, 6) is -1.06. The molecule has 2 heterocycles. The van der Waals surface area contributed by atoms with Gasteiger partial charge < -0.3 is 9.30 Å². The van der Waals surface area contributed by atoms with E-state index >= 15 is 0 Å². The Morgan fingerprint density at radius 2 is 1.87 bits per heavy atom. The summed E-state index contributed by atoms with van der Waals surface area (Å²) in [6, 6.07) is 7.35. The van der Waals surface area contributed by atoms with Gasteiger partial charge in [-0.25, -0.2) is 4.79 Å². The van der Waals surface area contributed by atoms with Crippen molar-refractivity contribution >= 4 is 35.0 Å². The first-order valence-corrected chi connectivity index (χ1v) is 10.7. The van der Waals surface area contributed by atoms with Crippen molar-refractivity contribution in [3.05, 3.63) is 57.2 Å². The minimum absolute atomic E-state index is 0.194. The van der Waals surface area contributed by atoms with Crippen LogP contribution in [0.2, 0.25) is 0 Å². The van der Waals surface area contributed by atoms with E-state index in [1.807, 2.05) is 19.9 Å². The molecule has 0 bridgehead atoms. The van der Waals surface area contributed by atoms with Gasteiger partial charge in [0.05, 0.1) is 11.5 Å². The molecule has 7 heteroatoms. The monoisotopic (exact) mass is 426 g/mol. The van der Waals surface area contributed by atoms with Gasteiger partial charge in [0.15, 0.2) is 0 Å². The molecule has 0 unspecified atom stereocenters. The van der Waals surface area contributed by atoms with E-state index in [1.165, 1.54) is 12.5 Å². The molecule has 158 valence electrons. The van der Waals surface area contributed by atoms with Crippen LogP contribution in [0.1, 0.15) is 41.9 Å². The van der Waals surface area contributed by atoms with Crippen molar-refractivity contribution in [2.45, 2.75) is 47.6 Å². The zero-order chi connectivity index (χ0) is 22.2. The molecule has 1 saturated heterocycles.